The highest BCUT2D eigenvalue weighted by Gasteiger charge is 2.16. The van der Waals surface area contributed by atoms with Crippen molar-refractivity contribution in [1.29, 1.82) is 0 Å². The molecule has 2 rings (SSSR count). The number of benzene rings is 1. The average Bonchev–Trinajstić information content (AvgIpc) is 2.97. The Hall–Kier alpha value is -1.37. The molecule has 0 bridgehead atoms. The van der Waals surface area contributed by atoms with E-state index in [1.54, 1.807) is 29.1 Å². The van der Waals surface area contributed by atoms with Crippen LogP contribution in [0.25, 0.3) is 0 Å². The largest absolute Gasteiger partial charge is 0.336 e. The third-order valence-corrected chi connectivity index (χ3v) is 4.85. The van der Waals surface area contributed by atoms with Crippen LogP contribution in [0.2, 0.25) is 0 Å². The van der Waals surface area contributed by atoms with Crippen molar-refractivity contribution in [3.63, 3.8) is 0 Å². The second-order valence-electron chi connectivity index (χ2n) is 4.87. The zero-order valence-corrected chi connectivity index (χ0v) is 14.0. The Bertz CT molecular complexity index is 608. The Morgan fingerprint density at radius 2 is 2.10 bits per heavy atom. The van der Waals surface area contributed by atoms with Gasteiger partial charge in [-0.1, -0.05) is 12.1 Å². The maximum atomic E-state index is 12.3. The third kappa shape index (κ3) is 4.06. The van der Waals surface area contributed by atoms with Gasteiger partial charge in [-0.3, -0.25) is 4.79 Å². The SMILES string of the molecule is CSc1ccc(CN(C)C(=O)c2csc(C(C)N)n2)cc1. The van der Waals surface area contributed by atoms with Gasteiger partial charge in [0.05, 0.1) is 6.04 Å². The van der Waals surface area contributed by atoms with Gasteiger partial charge in [0, 0.05) is 23.9 Å². The van der Waals surface area contributed by atoms with Crippen molar-refractivity contribution in [3.05, 3.63) is 45.9 Å². The number of thioether (sulfide) groups is 1. The maximum absolute atomic E-state index is 12.3. The zero-order valence-electron chi connectivity index (χ0n) is 12.4. The molecule has 0 radical (unpaired) electrons. The van der Waals surface area contributed by atoms with Gasteiger partial charge in [-0.25, -0.2) is 4.98 Å². The molecule has 1 amide bonds. The van der Waals surface area contributed by atoms with Crippen LogP contribution in [-0.2, 0) is 6.54 Å². The van der Waals surface area contributed by atoms with Gasteiger partial charge in [0.1, 0.15) is 10.7 Å². The van der Waals surface area contributed by atoms with Crippen molar-refractivity contribution in [2.24, 2.45) is 5.73 Å². The molecule has 1 aromatic carbocycles. The molecule has 6 heteroatoms. The molecule has 1 unspecified atom stereocenters. The first-order valence-corrected chi connectivity index (χ1v) is 8.71. The smallest absolute Gasteiger partial charge is 0.273 e. The lowest BCUT2D eigenvalue weighted by Crippen LogP contribution is -2.26. The first-order chi connectivity index (χ1) is 10.0. The van der Waals surface area contributed by atoms with E-state index in [1.807, 2.05) is 25.3 Å². The topological polar surface area (TPSA) is 59.2 Å². The van der Waals surface area contributed by atoms with E-state index in [4.69, 9.17) is 5.73 Å². The number of hydrogen-bond acceptors (Lipinski definition) is 5. The normalized spacial score (nSPS) is 12.2. The van der Waals surface area contributed by atoms with E-state index in [1.165, 1.54) is 16.2 Å². The Labute approximate surface area is 133 Å². The summed E-state index contributed by atoms with van der Waals surface area (Å²) in [6.45, 7) is 2.43. The predicted molar refractivity (Wildman–Crippen MR) is 88.7 cm³/mol. The van der Waals surface area contributed by atoms with Gasteiger partial charge < -0.3 is 10.6 Å². The van der Waals surface area contributed by atoms with Crippen LogP contribution >= 0.6 is 23.1 Å². The van der Waals surface area contributed by atoms with Gasteiger partial charge in [-0.15, -0.1) is 23.1 Å². The van der Waals surface area contributed by atoms with Crippen LogP contribution in [0.15, 0.2) is 34.5 Å². The van der Waals surface area contributed by atoms with Crippen molar-refractivity contribution in [2.75, 3.05) is 13.3 Å². The lowest BCUT2D eigenvalue weighted by Gasteiger charge is -2.16. The Kier molecular flexibility index (Phi) is 5.39. The molecular weight excluding hydrogens is 302 g/mol. The molecule has 21 heavy (non-hydrogen) atoms. The minimum absolute atomic E-state index is 0.0768. The number of carbonyl (C=O) groups is 1. The zero-order chi connectivity index (χ0) is 15.4. The number of aromatic nitrogens is 1. The molecule has 0 aliphatic heterocycles. The van der Waals surface area contributed by atoms with Crippen LogP contribution in [0.4, 0.5) is 0 Å². The summed E-state index contributed by atoms with van der Waals surface area (Å²) in [4.78, 5) is 19.5. The van der Waals surface area contributed by atoms with Crippen molar-refractivity contribution < 1.29 is 4.79 Å². The van der Waals surface area contributed by atoms with Gasteiger partial charge in [0.25, 0.3) is 5.91 Å². The lowest BCUT2D eigenvalue weighted by atomic mass is 10.2. The number of rotatable bonds is 5. The van der Waals surface area contributed by atoms with Crippen LogP contribution in [0.3, 0.4) is 0 Å². The number of carbonyl (C=O) groups excluding carboxylic acids is 1. The quantitative estimate of drug-likeness (QED) is 0.859. The highest BCUT2D eigenvalue weighted by atomic mass is 32.2. The maximum Gasteiger partial charge on any atom is 0.273 e. The van der Waals surface area contributed by atoms with E-state index in [2.05, 4.69) is 17.1 Å². The Morgan fingerprint density at radius 3 is 2.62 bits per heavy atom. The molecular formula is C15H19N3OS2. The molecule has 2 aromatic rings. The second-order valence-corrected chi connectivity index (χ2v) is 6.64. The summed E-state index contributed by atoms with van der Waals surface area (Å²) in [5.41, 5.74) is 7.35. The molecule has 0 spiro atoms. The lowest BCUT2D eigenvalue weighted by molar-refractivity contribution is 0.0780. The molecule has 0 aliphatic carbocycles. The van der Waals surface area contributed by atoms with Crippen LogP contribution < -0.4 is 5.73 Å². The summed E-state index contributed by atoms with van der Waals surface area (Å²) in [5, 5.41) is 2.56. The number of nitrogens with zero attached hydrogens (tertiary/aromatic N) is 2. The summed E-state index contributed by atoms with van der Waals surface area (Å²) in [7, 11) is 1.79. The average molecular weight is 321 g/mol. The van der Waals surface area contributed by atoms with Crippen LogP contribution in [0, 0.1) is 0 Å². The summed E-state index contributed by atoms with van der Waals surface area (Å²) >= 11 is 3.13. The fourth-order valence-corrected chi connectivity index (χ4v) is 3.03. The van der Waals surface area contributed by atoms with E-state index < -0.39 is 0 Å². The Morgan fingerprint density at radius 1 is 1.43 bits per heavy atom. The van der Waals surface area contributed by atoms with Gasteiger partial charge in [0.15, 0.2) is 0 Å². The van der Waals surface area contributed by atoms with E-state index >= 15 is 0 Å². The summed E-state index contributed by atoms with van der Waals surface area (Å²) in [5.74, 6) is -0.0768. The van der Waals surface area contributed by atoms with Crippen molar-refractivity contribution in [1.82, 2.24) is 9.88 Å². The minimum Gasteiger partial charge on any atom is -0.336 e. The fourth-order valence-electron chi connectivity index (χ4n) is 1.87. The first-order valence-electron chi connectivity index (χ1n) is 6.60. The summed E-state index contributed by atoms with van der Waals surface area (Å²) < 4.78 is 0. The minimum atomic E-state index is -0.138. The molecule has 4 nitrogen and oxygen atoms in total. The van der Waals surface area contributed by atoms with Gasteiger partial charge in [0.2, 0.25) is 0 Å². The molecule has 1 heterocycles. The number of amides is 1. The highest BCUT2D eigenvalue weighted by molar-refractivity contribution is 7.98. The fraction of sp³-hybridized carbons (Fsp3) is 0.333. The van der Waals surface area contributed by atoms with E-state index in [9.17, 15) is 4.79 Å². The molecule has 2 N–H and O–H groups in total. The number of thiazole rings is 1. The molecule has 1 atom stereocenters. The predicted octanol–water partition coefficient (Wildman–Crippen LogP) is 3.16. The third-order valence-electron chi connectivity index (χ3n) is 3.06. The molecule has 1 aromatic heterocycles. The van der Waals surface area contributed by atoms with Crippen molar-refractivity contribution in [3.8, 4) is 0 Å². The molecule has 0 saturated heterocycles. The molecule has 0 fully saturated rings. The van der Waals surface area contributed by atoms with Crippen LogP contribution in [0.1, 0.15) is 34.0 Å². The van der Waals surface area contributed by atoms with Crippen LogP contribution in [-0.4, -0.2) is 29.1 Å². The number of nitrogens with two attached hydrogens (primary N) is 1. The molecule has 0 saturated carbocycles. The molecule has 112 valence electrons. The summed E-state index contributed by atoms with van der Waals surface area (Å²) in [6, 6.07) is 8.08. The first kappa shape index (κ1) is 16.0. The van der Waals surface area contributed by atoms with Crippen LogP contribution in [0.5, 0.6) is 0 Å². The van der Waals surface area contributed by atoms with Crippen molar-refractivity contribution >= 4 is 29.0 Å². The highest BCUT2D eigenvalue weighted by Crippen LogP contribution is 2.18. The van der Waals surface area contributed by atoms with Gasteiger partial charge in [-0.2, -0.15) is 0 Å². The number of hydrogen-bond donors (Lipinski definition) is 1. The van der Waals surface area contributed by atoms with Gasteiger partial charge in [-0.05, 0) is 30.9 Å². The summed E-state index contributed by atoms with van der Waals surface area (Å²) in [6.07, 6.45) is 2.04. The Balaban J connectivity index is 2.04. The van der Waals surface area contributed by atoms with Crippen molar-refractivity contribution in [2.45, 2.75) is 24.4 Å². The standard InChI is InChI=1S/C15H19N3OS2/c1-10(16)14-17-13(9-21-14)15(19)18(2)8-11-4-6-12(20-3)7-5-11/h4-7,9-10H,8,16H2,1-3H3. The van der Waals surface area contributed by atoms with E-state index in [0.29, 0.717) is 12.2 Å². The second kappa shape index (κ2) is 7.06. The monoisotopic (exact) mass is 321 g/mol. The molecule has 0 aliphatic rings. The van der Waals surface area contributed by atoms with E-state index in [-0.39, 0.29) is 11.9 Å². The van der Waals surface area contributed by atoms with Gasteiger partial charge >= 0.3 is 0 Å². The van der Waals surface area contributed by atoms with E-state index in [0.717, 1.165) is 10.6 Å².